The Labute approximate surface area is 529 Å². The minimum Gasteiger partial charge on any atom is -0.364 e. The van der Waals surface area contributed by atoms with Crippen LogP contribution in [0.2, 0.25) is 0 Å². The molecule has 414 valence electrons. The third-order valence-electron chi connectivity index (χ3n) is 15.4. The number of aromatic nitrogens is 6. The maximum absolute atomic E-state index is 4.76. The molecule has 7 nitrogen and oxygen atoms in total. The fraction of sp³-hybridized carbons (Fsp3) is 0.0519. The maximum Gasteiger partial charge on any atom is 3.00 e. The molecule has 0 bridgehead atoms. The molecule has 0 N–H and O–H groups in total. The summed E-state index contributed by atoms with van der Waals surface area (Å²) in [5.74, 6) is 0.525. The van der Waals surface area contributed by atoms with Crippen LogP contribution in [0.4, 0.5) is 17.1 Å². The van der Waals surface area contributed by atoms with Crippen molar-refractivity contribution in [3.63, 3.8) is 0 Å². The van der Waals surface area contributed by atoms with E-state index in [4.69, 9.17) is 15.0 Å². The number of pyridine rings is 3. The Balaban J connectivity index is 0.00000362. The summed E-state index contributed by atoms with van der Waals surface area (Å²) in [6.07, 6.45) is 12.4. The molecule has 14 aromatic rings. The zero-order valence-electron chi connectivity index (χ0n) is 46.5. The quantitative estimate of drug-likeness (QED) is 0.0898. The molecule has 14 rings (SSSR count). The molecule has 0 aliphatic carbocycles. The van der Waals surface area contributed by atoms with E-state index >= 15 is 0 Å². The molecule has 9 aromatic carbocycles. The first kappa shape index (κ1) is 56.9. The van der Waals surface area contributed by atoms with Gasteiger partial charge in [0.05, 0.1) is 11.0 Å². The zero-order chi connectivity index (χ0) is 56.0. The number of para-hydroxylation sites is 2. The van der Waals surface area contributed by atoms with Gasteiger partial charge >= 0.3 is 41.2 Å². The van der Waals surface area contributed by atoms with Gasteiger partial charge in [-0.25, -0.2) is 11.6 Å². The molecule has 0 spiro atoms. The summed E-state index contributed by atoms with van der Waals surface area (Å²) < 4.78 is 2.35. The fourth-order valence-corrected chi connectivity index (χ4v) is 11.3. The van der Waals surface area contributed by atoms with Gasteiger partial charge in [0.25, 0.3) is 0 Å². The number of fused-ring (bicyclic) bond motifs is 3. The van der Waals surface area contributed by atoms with E-state index in [9.17, 15) is 0 Å². The molecule has 0 amide bonds. The minimum atomic E-state index is 0. The van der Waals surface area contributed by atoms with Crippen LogP contribution in [0.25, 0.3) is 94.9 Å². The molecule has 9 heteroatoms. The van der Waals surface area contributed by atoms with Crippen LogP contribution in [-0.2, 0) is 66.9 Å². The minimum absolute atomic E-state index is 0. The first-order valence-corrected chi connectivity index (χ1v) is 28.3. The predicted molar refractivity (Wildman–Crippen MR) is 339 cm³/mol. The van der Waals surface area contributed by atoms with Gasteiger partial charge in [-0.3, -0.25) is 12.1 Å². The summed E-state index contributed by atoms with van der Waals surface area (Å²) in [6, 6.07) is 101. The van der Waals surface area contributed by atoms with E-state index in [1.165, 1.54) is 33.0 Å². The third kappa shape index (κ3) is 12.1. The van der Waals surface area contributed by atoms with Crippen LogP contribution in [0.1, 0.15) is 22.3 Å². The Morgan fingerprint density at radius 3 is 1.47 bits per heavy atom. The van der Waals surface area contributed by atoms with Crippen LogP contribution >= 0.6 is 0 Å². The van der Waals surface area contributed by atoms with E-state index in [1.807, 2.05) is 79.3 Å². The van der Waals surface area contributed by atoms with Gasteiger partial charge in [-0.1, -0.05) is 134 Å². The maximum atomic E-state index is 4.76. The van der Waals surface area contributed by atoms with Crippen molar-refractivity contribution >= 4 is 38.9 Å². The van der Waals surface area contributed by atoms with E-state index < -0.39 is 0 Å². The molecular formula is C77H52IrN7Pt. The second kappa shape index (κ2) is 26.2. The topological polar surface area (TPSA) is 72.6 Å². The van der Waals surface area contributed by atoms with Crippen LogP contribution in [-0.4, -0.2) is 29.5 Å². The van der Waals surface area contributed by atoms with Crippen molar-refractivity contribution in [3.05, 3.63) is 320 Å². The Bertz CT molecular complexity index is 4420. The van der Waals surface area contributed by atoms with Crippen molar-refractivity contribution in [2.24, 2.45) is 0 Å². The average molecular weight is 1460 g/mol. The molecular weight excluding hydrogens is 1410 g/mol. The van der Waals surface area contributed by atoms with E-state index in [0.29, 0.717) is 11.4 Å². The number of hydrogen-bond acceptors (Lipinski definition) is 6. The average Bonchev–Trinajstić information content (AvgIpc) is 1.76. The molecule has 0 unspecified atom stereocenters. The van der Waals surface area contributed by atoms with Crippen LogP contribution in [0.15, 0.2) is 268 Å². The summed E-state index contributed by atoms with van der Waals surface area (Å²) in [6.45, 7) is 0. The second-order valence-corrected chi connectivity index (χ2v) is 20.7. The van der Waals surface area contributed by atoms with Gasteiger partial charge in [0.1, 0.15) is 0 Å². The van der Waals surface area contributed by atoms with Gasteiger partial charge in [-0.05, 0) is 124 Å². The first-order chi connectivity index (χ1) is 41.6. The normalized spacial score (nSPS) is 11.0. The molecule has 5 aromatic heterocycles. The predicted octanol–water partition coefficient (Wildman–Crippen LogP) is 17.8. The van der Waals surface area contributed by atoms with Crippen LogP contribution < -0.4 is 4.90 Å². The molecule has 86 heavy (non-hydrogen) atoms. The Kier molecular flexibility index (Phi) is 17.3. The molecule has 0 saturated carbocycles. The Hall–Kier alpha value is -9.55. The molecule has 0 aliphatic heterocycles. The molecule has 0 saturated heterocycles. The zero-order valence-corrected chi connectivity index (χ0v) is 51.2. The van der Waals surface area contributed by atoms with Gasteiger partial charge in [0.15, 0.2) is 0 Å². The van der Waals surface area contributed by atoms with Crippen LogP contribution in [0.5, 0.6) is 0 Å². The second-order valence-electron chi connectivity index (χ2n) is 20.7. The summed E-state index contributed by atoms with van der Waals surface area (Å²) in [7, 11) is 0. The van der Waals surface area contributed by atoms with E-state index in [-0.39, 0.29) is 41.2 Å². The molecule has 5 heterocycles. The van der Waals surface area contributed by atoms with Crippen molar-refractivity contribution < 1.29 is 41.2 Å². The van der Waals surface area contributed by atoms with Crippen LogP contribution in [0.3, 0.4) is 0 Å². The SMILES string of the molecule is [Ir+3].[Pt+2].[c-]1cc(-c2ccccc2-c2cc(CCc3c[c-]c(-c4ccccn4)cc3)cc(CCc3c[c-]c(-c4ccccn4)cc3)c2)c(N(c2[c-]c(-c3ccccn3)ccc2)c2ccc(-n3c4ccccc4c4ccccc43)cc2)[c-]c1-c1ncccn1. The van der Waals surface area contributed by atoms with Crippen molar-refractivity contribution in [1.29, 1.82) is 0 Å². The number of benzene rings is 9. The summed E-state index contributed by atoms with van der Waals surface area (Å²) in [5.41, 5.74) is 21.1. The summed E-state index contributed by atoms with van der Waals surface area (Å²) in [5, 5.41) is 2.42. The van der Waals surface area contributed by atoms with Crippen molar-refractivity contribution in [3.8, 4) is 73.1 Å². The van der Waals surface area contributed by atoms with E-state index in [0.717, 1.165) is 115 Å². The summed E-state index contributed by atoms with van der Waals surface area (Å²) >= 11 is 0. The largest absolute Gasteiger partial charge is 3.00 e. The third-order valence-corrected chi connectivity index (χ3v) is 15.4. The monoisotopic (exact) mass is 1460 g/mol. The fourth-order valence-electron chi connectivity index (χ4n) is 11.3. The summed E-state index contributed by atoms with van der Waals surface area (Å²) in [4.78, 5) is 25.6. The number of rotatable bonds is 16. The number of aryl methyl sites for hydroxylation is 4. The number of nitrogens with zero attached hydrogens (tertiary/aromatic N) is 7. The number of hydrogen-bond donors (Lipinski definition) is 0. The molecule has 0 aliphatic rings. The van der Waals surface area contributed by atoms with E-state index in [2.05, 4.69) is 226 Å². The van der Waals surface area contributed by atoms with Gasteiger partial charge in [0, 0.05) is 53.1 Å². The van der Waals surface area contributed by atoms with Gasteiger partial charge in [-0.2, -0.15) is 5.56 Å². The van der Waals surface area contributed by atoms with Gasteiger partial charge in [-0.15, -0.1) is 106 Å². The van der Waals surface area contributed by atoms with Crippen LogP contribution in [0, 0.1) is 30.3 Å². The molecule has 0 radical (unpaired) electrons. The van der Waals surface area contributed by atoms with Gasteiger partial charge in [0.2, 0.25) is 0 Å². The van der Waals surface area contributed by atoms with Crippen molar-refractivity contribution in [2.75, 3.05) is 4.90 Å². The molecule has 0 fully saturated rings. The molecule has 0 atom stereocenters. The Morgan fingerprint density at radius 1 is 0.384 bits per heavy atom. The standard InChI is InChI=1S/C77H52N7.Ir.Pt/c1-2-18-67(66(17-1)62-50-56(28-26-54-30-34-58(35-31-54)71-21-7-10-44-78-71)49-57(51-62)29-27-55-32-36-59(37-33-55)72-22-8-11-45-79-72)70-43-38-61(77-81-47-14-48-82-77)53-76(70)83(65-16-13-15-60(52-65)73-23-9-12-46-80-73)63-39-41-64(42-40-63)84-74-24-5-3-19-68(74)69-20-4-6-25-75(69)84;;/h1-25,30-34,36,39-51H,26-29H2;;/q-5;+3;+2. The van der Waals surface area contributed by atoms with E-state index in [1.54, 1.807) is 12.4 Å². The van der Waals surface area contributed by atoms with Crippen molar-refractivity contribution in [2.45, 2.75) is 25.7 Å². The first-order valence-electron chi connectivity index (χ1n) is 28.3. The van der Waals surface area contributed by atoms with Crippen molar-refractivity contribution in [1.82, 2.24) is 29.5 Å². The number of anilines is 3. The van der Waals surface area contributed by atoms with Gasteiger partial charge < -0.3 is 34.4 Å². The smallest absolute Gasteiger partial charge is 0.364 e. The Morgan fingerprint density at radius 2 is 0.907 bits per heavy atom.